The number of anilines is 1. The van der Waals surface area contributed by atoms with Crippen molar-refractivity contribution in [1.82, 2.24) is 0 Å². The van der Waals surface area contributed by atoms with Crippen LogP contribution in [0.25, 0.3) is 0 Å². The van der Waals surface area contributed by atoms with Gasteiger partial charge in [-0.2, -0.15) is 18.4 Å². The zero-order valence-electron chi connectivity index (χ0n) is 13.3. The Kier molecular flexibility index (Phi) is 5.65. The van der Waals surface area contributed by atoms with Gasteiger partial charge in [-0.3, -0.25) is 4.79 Å². The highest BCUT2D eigenvalue weighted by atomic mass is 19.4. The number of benzene rings is 2. The molecule has 2 aromatic carbocycles. The molecule has 2 rings (SSSR count). The predicted molar refractivity (Wildman–Crippen MR) is 85.9 cm³/mol. The van der Waals surface area contributed by atoms with Gasteiger partial charge in [-0.15, -0.1) is 0 Å². The maximum Gasteiger partial charge on any atom is 0.416 e. The molecule has 0 fully saturated rings. The molecule has 7 heteroatoms. The van der Waals surface area contributed by atoms with Crippen molar-refractivity contribution in [2.75, 3.05) is 12.4 Å². The number of hydrogen-bond donors (Lipinski definition) is 1. The van der Waals surface area contributed by atoms with E-state index >= 15 is 0 Å². The molecular formula is C18H15F3N2O2. The Bertz CT molecular complexity index is 797. The smallest absolute Gasteiger partial charge is 0.416 e. The fourth-order valence-corrected chi connectivity index (χ4v) is 2.23. The normalized spacial score (nSPS) is 12.1. The standard InChI is InChI=1S/C18H15F3N2O2/c1-25-16-7-2-4-12(9-16)8-13(11-22)17(24)23-15-6-3-5-14(10-15)18(19,20)21/h2-7,9-10,13H,8H2,1H3,(H,23,24). The number of nitrogens with one attached hydrogen (secondary N) is 1. The quantitative estimate of drug-likeness (QED) is 0.887. The highest BCUT2D eigenvalue weighted by Gasteiger charge is 2.30. The summed E-state index contributed by atoms with van der Waals surface area (Å²) in [4.78, 5) is 12.2. The molecule has 1 atom stereocenters. The van der Waals surface area contributed by atoms with E-state index in [1.807, 2.05) is 6.07 Å². The number of carbonyl (C=O) groups excluding carboxylic acids is 1. The largest absolute Gasteiger partial charge is 0.497 e. The SMILES string of the molecule is COc1cccc(CC(C#N)C(=O)Nc2cccc(C(F)(F)F)c2)c1. The fraction of sp³-hybridized carbons (Fsp3) is 0.222. The second kappa shape index (κ2) is 7.71. The Morgan fingerprint density at radius 1 is 1.24 bits per heavy atom. The Morgan fingerprint density at radius 2 is 1.96 bits per heavy atom. The number of nitriles is 1. The Morgan fingerprint density at radius 3 is 2.60 bits per heavy atom. The van der Waals surface area contributed by atoms with Gasteiger partial charge in [0, 0.05) is 5.69 Å². The van der Waals surface area contributed by atoms with Gasteiger partial charge in [0.15, 0.2) is 0 Å². The van der Waals surface area contributed by atoms with Crippen molar-refractivity contribution in [3.05, 3.63) is 59.7 Å². The minimum absolute atomic E-state index is 0.00860. The van der Waals surface area contributed by atoms with Crippen LogP contribution < -0.4 is 10.1 Å². The topological polar surface area (TPSA) is 62.1 Å². The van der Waals surface area contributed by atoms with Crippen LogP contribution in [0, 0.1) is 17.2 Å². The molecule has 1 unspecified atom stereocenters. The van der Waals surface area contributed by atoms with Crippen LogP contribution >= 0.6 is 0 Å². The van der Waals surface area contributed by atoms with Crippen LogP contribution in [0.2, 0.25) is 0 Å². The Labute approximate surface area is 142 Å². The van der Waals surface area contributed by atoms with E-state index in [1.54, 1.807) is 24.3 Å². The van der Waals surface area contributed by atoms with Gasteiger partial charge in [0.25, 0.3) is 0 Å². The highest BCUT2D eigenvalue weighted by molar-refractivity contribution is 5.94. The molecule has 0 aliphatic heterocycles. The van der Waals surface area contributed by atoms with Crippen LogP contribution in [0.15, 0.2) is 48.5 Å². The molecular weight excluding hydrogens is 333 g/mol. The molecule has 0 saturated carbocycles. The number of amides is 1. The highest BCUT2D eigenvalue weighted by Crippen LogP contribution is 2.30. The molecule has 0 heterocycles. The van der Waals surface area contributed by atoms with Gasteiger partial charge in [-0.25, -0.2) is 0 Å². The summed E-state index contributed by atoms with van der Waals surface area (Å²) < 4.78 is 43.2. The third-order valence-corrected chi connectivity index (χ3v) is 3.50. The van der Waals surface area contributed by atoms with Crippen LogP contribution in [-0.4, -0.2) is 13.0 Å². The van der Waals surface area contributed by atoms with Crippen LogP contribution in [0.1, 0.15) is 11.1 Å². The minimum Gasteiger partial charge on any atom is -0.497 e. The molecule has 25 heavy (non-hydrogen) atoms. The number of ether oxygens (including phenoxy) is 1. The van der Waals surface area contributed by atoms with Crippen molar-refractivity contribution in [3.8, 4) is 11.8 Å². The van der Waals surface area contributed by atoms with E-state index in [-0.39, 0.29) is 12.1 Å². The number of alkyl halides is 3. The third-order valence-electron chi connectivity index (χ3n) is 3.50. The zero-order valence-corrected chi connectivity index (χ0v) is 13.3. The molecule has 0 spiro atoms. The second-order valence-electron chi connectivity index (χ2n) is 5.31. The first-order valence-corrected chi connectivity index (χ1v) is 7.34. The summed E-state index contributed by atoms with van der Waals surface area (Å²) in [5.74, 6) is -1.11. The van der Waals surface area contributed by atoms with Gasteiger partial charge in [-0.05, 0) is 42.3 Å². The summed E-state index contributed by atoms with van der Waals surface area (Å²) in [6, 6.07) is 13.1. The van der Waals surface area contributed by atoms with E-state index in [2.05, 4.69) is 5.32 Å². The average molecular weight is 348 g/mol. The molecule has 130 valence electrons. The Hall–Kier alpha value is -3.01. The molecule has 0 bridgehead atoms. The van der Waals surface area contributed by atoms with Crippen LogP contribution in [0.5, 0.6) is 5.75 Å². The number of methoxy groups -OCH3 is 1. The summed E-state index contributed by atoms with van der Waals surface area (Å²) in [6.45, 7) is 0. The predicted octanol–water partition coefficient (Wildman–Crippen LogP) is 4.03. The first-order valence-electron chi connectivity index (χ1n) is 7.34. The van der Waals surface area contributed by atoms with Gasteiger partial charge < -0.3 is 10.1 Å². The molecule has 4 nitrogen and oxygen atoms in total. The van der Waals surface area contributed by atoms with Crippen molar-refractivity contribution in [3.63, 3.8) is 0 Å². The first-order chi connectivity index (χ1) is 11.8. The van der Waals surface area contributed by atoms with Gasteiger partial charge >= 0.3 is 6.18 Å². The van der Waals surface area contributed by atoms with Crippen LogP contribution in [0.4, 0.5) is 18.9 Å². The average Bonchev–Trinajstić information content (AvgIpc) is 2.59. The van der Waals surface area contributed by atoms with Crippen molar-refractivity contribution in [2.24, 2.45) is 5.92 Å². The Balaban J connectivity index is 2.11. The van der Waals surface area contributed by atoms with Gasteiger partial charge in [0.1, 0.15) is 11.7 Å². The van der Waals surface area contributed by atoms with Crippen LogP contribution in [0.3, 0.4) is 0 Å². The fourth-order valence-electron chi connectivity index (χ4n) is 2.23. The van der Waals surface area contributed by atoms with Crippen molar-refractivity contribution < 1.29 is 22.7 Å². The lowest BCUT2D eigenvalue weighted by molar-refractivity contribution is -0.137. The van der Waals surface area contributed by atoms with E-state index in [0.717, 1.165) is 12.1 Å². The lowest BCUT2D eigenvalue weighted by Gasteiger charge is -2.13. The minimum atomic E-state index is -4.50. The number of carbonyl (C=O) groups is 1. The monoisotopic (exact) mass is 348 g/mol. The first kappa shape index (κ1) is 18.3. The molecule has 1 amide bonds. The zero-order chi connectivity index (χ0) is 18.4. The summed E-state index contributed by atoms with van der Waals surface area (Å²) in [6.07, 6.45) is -4.38. The molecule has 0 aliphatic rings. The van der Waals surface area contributed by atoms with Crippen molar-refractivity contribution in [1.29, 1.82) is 5.26 Å². The van der Waals surface area contributed by atoms with E-state index < -0.39 is 23.6 Å². The van der Waals surface area contributed by atoms with E-state index in [4.69, 9.17) is 4.74 Å². The molecule has 0 saturated heterocycles. The van der Waals surface area contributed by atoms with Gasteiger partial charge in [-0.1, -0.05) is 18.2 Å². The van der Waals surface area contributed by atoms with E-state index in [9.17, 15) is 23.2 Å². The summed E-state index contributed by atoms with van der Waals surface area (Å²) in [5.41, 5.74) is -0.164. The number of rotatable bonds is 5. The summed E-state index contributed by atoms with van der Waals surface area (Å²) >= 11 is 0. The maximum absolute atomic E-state index is 12.7. The molecule has 0 aromatic heterocycles. The molecule has 0 aliphatic carbocycles. The van der Waals surface area contributed by atoms with Gasteiger partial charge in [0.2, 0.25) is 5.91 Å². The number of nitrogens with zero attached hydrogens (tertiary/aromatic N) is 1. The number of hydrogen-bond acceptors (Lipinski definition) is 3. The van der Waals surface area contributed by atoms with E-state index in [1.165, 1.54) is 19.2 Å². The van der Waals surface area contributed by atoms with Crippen molar-refractivity contribution in [2.45, 2.75) is 12.6 Å². The maximum atomic E-state index is 12.7. The number of halogens is 3. The lowest BCUT2D eigenvalue weighted by Crippen LogP contribution is -2.23. The molecule has 1 N–H and O–H groups in total. The second-order valence-corrected chi connectivity index (χ2v) is 5.31. The van der Waals surface area contributed by atoms with E-state index in [0.29, 0.717) is 11.3 Å². The lowest BCUT2D eigenvalue weighted by atomic mass is 9.99. The third kappa shape index (κ3) is 4.98. The molecule has 2 aromatic rings. The van der Waals surface area contributed by atoms with Crippen LogP contribution in [-0.2, 0) is 17.4 Å². The van der Waals surface area contributed by atoms with Crippen molar-refractivity contribution >= 4 is 11.6 Å². The summed E-state index contributed by atoms with van der Waals surface area (Å²) in [5, 5.41) is 11.6. The van der Waals surface area contributed by atoms with Gasteiger partial charge in [0.05, 0.1) is 18.7 Å². The molecule has 0 radical (unpaired) electrons. The summed E-state index contributed by atoms with van der Waals surface area (Å²) in [7, 11) is 1.50.